The van der Waals surface area contributed by atoms with Crippen LogP contribution in [0.15, 0.2) is 48.5 Å². The molecule has 0 fully saturated rings. The minimum Gasteiger partial charge on any atom is -0.462 e. The molecule has 2 nitrogen and oxygen atoms in total. The molecule has 0 heterocycles. The summed E-state index contributed by atoms with van der Waals surface area (Å²) < 4.78 is 5.09. The van der Waals surface area contributed by atoms with Crippen LogP contribution in [0.3, 0.4) is 0 Å². The fourth-order valence-corrected chi connectivity index (χ4v) is 1.96. The maximum absolute atomic E-state index is 11.9. The molecule has 20 heavy (non-hydrogen) atoms. The fourth-order valence-electron chi connectivity index (χ4n) is 1.96. The van der Waals surface area contributed by atoms with Gasteiger partial charge in [0.05, 0.1) is 12.2 Å². The van der Waals surface area contributed by atoms with Crippen molar-refractivity contribution >= 4 is 18.1 Å². The number of hydrogen-bond acceptors (Lipinski definition) is 2. The molecule has 2 rings (SSSR count). The molecule has 0 radical (unpaired) electrons. The number of hydrogen-bond donors (Lipinski definition) is 0. The van der Waals surface area contributed by atoms with Gasteiger partial charge in [0, 0.05) is 0 Å². The van der Waals surface area contributed by atoms with Crippen LogP contribution in [-0.2, 0) is 4.74 Å². The van der Waals surface area contributed by atoms with Gasteiger partial charge in [0.15, 0.2) is 0 Å². The molecule has 102 valence electrons. The van der Waals surface area contributed by atoms with E-state index in [-0.39, 0.29) is 5.97 Å². The summed E-state index contributed by atoms with van der Waals surface area (Å²) in [6.07, 6.45) is 3.95. The first-order valence-electron chi connectivity index (χ1n) is 6.71. The van der Waals surface area contributed by atoms with Crippen molar-refractivity contribution in [2.24, 2.45) is 0 Å². The molecule has 2 aromatic carbocycles. The minimum atomic E-state index is -0.278. The number of aryl methyl sites for hydroxylation is 1. The number of benzene rings is 2. The molecule has 0 bridgehead atoms. The molecule has 0 aromatic heterocycles. The van der Waals surface area contributed by atoms with Crippen molar-refractivity contribution in [3.63, 3.8) is 0 Å². The second kappa shape index (κ2) is 6.71. The van der Waals surface area contributed by atoms with Gasteiger partial charge in [0.25, 0.3) is 0 Å². The van der Waals surface area contributed by atoms with Crippen LogP contribution in [0.5, 0.6) is 0 Å². The standard InChI is InChI=1S/C18H18O2/c1-3-20-18(19)17-12-9-14(2)13-16(17)11-10-15-7-5-4-6-8-15/h4-13H,3H2,1-2H3/b11-10+. The molecule has 2 aromatic rings. The zero-order valence-electron chi connectivity index (χ0n) is 11.8. The van der Waals surface area contributed by atoms with Crippen molar-refractivity contribution in [2.45, 2.75) is 13.8 Å². The highest BCUT2D eigenvalue weighted by molar-refractivity contribution is 5.95. The van der Waals surface area contributed by atoms with E-state index >= 15 is 0 Å². The van der Waals surface area contributed by atoms with Gasteiger partial charge in [-0.2, -0.15) is 0 Å². The highest BCUT2D eigenvalue weighted by Gasteiger charge is 2.10. The monoisotopic (exact) mass is 266 g/mol. The van der Waals surface area contributed by atoms with Crippen molar-refractivity contribution < 1.29 is 9.53 Å². The van der Waals surface area contributed by atoms with E-state index in [4.69, 9.17) is 4.74 Å². The van der Waals surface area contributed by atoms with Gasteiger partial charge in [0.2, 0.25) is 0 Å². The minimum absolute atomic E-state index is 0.278. The van der Waals surface area contributed by atoms with E-state index in [1.165, 1.54) is 0 Å². The quantitative estimate of drug-likeness (QED) is 0.607. The Morgan fingerprint density at radius 1 is 1.10 bits per heavy atom. The summed E-state index contributed by atoms with van der Waals surface area (Å²) in [6, 6.07) is 15.7. The van der Waals surface area contributed by atoms with Crippen molar-refractivity contribution in [3.05, 3.63) is 70.8 Å². The number of ether oxygens (including phenoxy) is 1. The summed E-state index contributed by atoms with van der Waals surface area (Å²) >= 11 is 0. The lowest BCUT2D eigenvalue weighted by atomic mass is 10.0. The number of esters is 1. The third-order valence-corrected chi connectivity index (χ3v) is 2.96. The first-order chi connectivity index (χ1) is 9.70. The molecule has 0 aliphatic heterocycles. The van der Waals surface area contributed by atoms with Gasteiger partial charge < -0.3 is 4.74 Å². The zero-order chi connectivity index (χ0) is 14.4. The summed E-state index contributed by atoms with van der Waals surface area (Å²) in [5.41, 5.74) is 3.70. The van der Waals surface area contributed by atoms with Crippen molar-refractivity contribution in [3.8, 4) is 0 Å². The number of carbonyl (C=O) groups excluding carboxylic acids is 1. The van der Waals surface area contributed by atoms with Crippen LogP contribution >= 0.6 is 0 Å². The molecular weight excluding hydrogens is 248 g/mol. The maximum Gasteiger partial charge on any atom is 0.338 e. The fraction of sp³-hybridized carbons (Fsp3) is 0.167. The molecule has 0 amide bonds. The van der Waals surface area contributed by atoms with Gasteiger partial charge in [-0.15, -0.1) is 0 Å². The Balaban J connectivity index is 2.32. The molecule has 0 atom stereocenters. The Labute approximate surface area is 119 Å². The molecule has 0 unspecified atom stereocenters. The van der Waals surface area contributed by atoms with Crippen LogP contribution in [0, 0.1) is 6.92 Å². The van der Waals surface area contributed by atoms with E-state index in [0.29, 0.717) is 12.2 Å². The van der Waals surface area contributed by atoms with Gasteiger partial charge in [0.1, 0.15) is 0 Å². The third-order valence-electron chi connectivity index (χ3n) is 2.96. The first kappa shape index (κ1) is 14.1. The highest BCUT2D eigenvalue weighted by Crippen LogP contribution is 2.16. The number of rotatable bonds is 4. The summed E-state index contributed by atoms with van der Waals surface area (Å²) in [6.45, 7) is 4.20. The predicted octanol–water partition coefficient (Wildman–Crippen LogP) is 4.34. The lowest BCUT2D eigenvalue weighted by Crippen LogP contribution is -2.06. The Hall–Kier alpha value is -2.35. The maximum atomic E-state index is 11.9. The van der Waals surface area contributed by atoms with Gasteiger partial charge >= 0.3 is 5.97 Å². The Morgan fingerprint density at radius 3 is 2.55 bits per heavy atom. The van der Waals surface area contributed by atoms with Gasteiger partial charge in [-0.05, 0) is 31.0 Å². The average molecular weight is 266 g/mol. The van der Waals surface area contributed by atoms with Crippen LogP contribution in [0.4, 0.5) is 0 Å². The third kappa shape index (κ3) is 3.58. The van der Waals surface area contributed by atoms with Crippen LogP contribution in [0.2, 0.25) is 0 Å². The topological polar surface area (TPSA) is 26.3 Å². The van der Waals surface area contributed by atoms with Crippen molar-refractivity contribution in [2.75, 3.05) is 6.61 Å². The number of carbonyl (C=O) groups is 1. The molecular formula is C18H18O2. The largest absolute Gasteiger partial charge is 0.462 e. The first-order valence-corrected chi connectivity index (χ1v) is 6.71. The van der Waals surface area contributed by atoms with E-state index in [1.807, 2.05) is 74.5 Å². The van der Waals surface area contributed by atoms with Gasteiger partial charge in [-0.1, -0.05) is 60.2 Å². The van der Waals surface area contributed by atoms with Gasteiger partial charge in [-0.25, -0.2) is 4.79 Å². The molecule has 0 saturated heterocycles. The molecule has 0 spiro atoms. The summed E-state index contributed by atoms with van der Waals surface area (Å²) in [4.78, 5) is 11.9. The second-order valence-electron chi connectivity index (χ2n) is 4.56. The molecule has 0 saturated carbocycles. The zero-order valence-corrected chi connectivity index (χ0v) is 11.8. The van der Waals surface area contributed by atoms with Crippen LogP contribution in [0.1, 0.15) is 34.0 Å². The lowest BCUT2D eigenvalue weighted by molar-refractivity contribution is 0.0526. The Bertz CT molecular complexity index is 613. The van der Waals surface area contributed by atoms with Crippen LogP contribution in [0.25, 0.3) is 12.2 Å². The van der Waals surface area contributed by atoms with E-state index in [9.17, 15) is 4.79 Å². The van der Waals surface area contributed by atoms with E-state index in [2.05, 4.69) is 0 Å². The predicted molar refractivity (Wildman–Crippen MR) is 82.5 cm³/mol. The average Bonchev–Trinajstić information content (AvgIpc) is 2.46. The van der Waals surface area contributed by atoms with E-state index < -0.39 is 0 Å². The van der Waals surface area contributed by atoms with Crippen molar-refractivity contribution in [1.29, 1.82) is 0 Å². The molecule has 0 aliphatic rings. The van der Waals surface area contributed by atoms with E-state index in [0.717, 1.165) is 16.7 Å². The van der Waals surface area contributed by atoms with Crippen molar-refractivity contribution in [1.82, 2.24) is 0 Å². The second-order valence-corrected chi connectivity index (χ2v) is 4.56. The molecule has 2 heteroatoms. The highest BCUT2D eigenvalue weighted by atomic mass is 16.5. The van der Waals surface area contributed by atoms with Crippen LogP contribution in [-0.4, -0.2) is 12.6 Å². The molecule has 0 N–H and O–H groups in total. The van der Waals surface area contributed by atoms with Crippen LogP contribution < -0.4 is 0 Å². The summed E-state index contributed by atoms with van der Waals surface area (Å²) in [5, 5.41) is 0. The summed E-state index contributed by atoms with van der Waals surface area (Å²) in [5.74, 6) is -0.278. The normalized spacial score (nSPS) is 10.7. The Morgan fingerprint density at radius 2 is 1.85 bits per heavy atom. The smallest absolute Gasteiger partial charge is 0.338 e. The lowest BCUT2D eigenvalue weighted by Gasteiger charge is -2.06. The summed E-state index contributed by atoms with van der Waals surface area (Å²) in [7, 11) is 0. The Kier molecular flexibility index (Phi) is 4.72. The molecule has 0 aliphatic carbocycles. The van der Waals surface area contributed by atoms with Gasteiger partial charge in [-0.3, -0.25) is 0 Å². The van der Waals surface area contributed by atoms with E-state index in [1.54, 1.807) is 0 Å². The SMILES string of the molecule is CCOC(=O)c1ccc(C)cc1/C=C/c1ccccc1.